The Morgan fingerprint density at radius 3 is 2.26 bits per heavy atom. The van der Waals surface area contributed by atoms with E-state index in [0.717, 1.165) is 45.3 Å². The van der Waals surface area contributed by atoms with E-state index in [1.807, 2.05) is 0 Å². The minimum absolute atomic E-state index is 0.409. The summed E-state index contributed by atoms with van der Waals surface area (Å²) in [5.41, 5.74) is -0.666. The molecule has 4 nitrogen and oxygen atoms in total. The van der Waals surface area contributed by atoms with Gasteiger partial charge < -0.3 is 10.0 Å². The molecule has 0 aromatic rings. The van der Waals surface area contributed by atoms with Crippen LogP contribution in [0.3, 0.4) is 0 Å². The van der Waals surface area contributed by atoms with Crippen molar-refractivity contribution in [2.45, 2.75) is 69.9 Å². The van der Waals surface area contributed by atoms with Gasteiger partial charge in [-0.2, -0.15) is 0 Å². The Balaban J connectivity index is 1.97. The van der Waals surface area contributed by atoms with Crippen molar-refractivity contribution >= 4 is 5.97 Å². The third kappa shape index (κ3) is 3.69. The molecule has 0 aromatic heterocycles. The van der Waals surface area contributed by atoms with Crippen LogP contribution in [-0.2, 0) is 4.79 Å². The van der Waals surface area contributed by atoms with E-state index < -0.39 is 11.5 Å². The lowest BCUT2D eigenvalue weighted by atomic mass is 9.86. The third-order valence-corrected chi connectivity index (χ3v) is 4.90. The smallest absolute Gasteiger partial charge is 0.324 e. The van der Waals surface area contributed by atoms with Gasteiger partial charge in [0.05, 0.1) is 0 Å². The number of carboxylic acid groups (broad SMARTS) is 1. The maximum atomic E-state index is 11.7. The van der Waals surface area contributed by atoms with E-state index in [1.165, 1.54) is 25.7 Å². The summed E-state index contributed by atoms with van der Waals surface area (Å²) in [6, 6.07) is 0.409. The van der Waals surface area contributed by atoms with Gasteiger partial charge in [0.2, 0.25) is 0 Å². The molecule has 0 amide bonds. The largest absolute Gasteiger partial charge is 0.480 e. The topological polar surface area (TPSA) is 52.6 Å². The number of hydrogen-bond acceptors (Lipinski definition) is 3. The molecule has 0 radical (unpaired) electrons. The fraction of sp³-hybridized carbons (Fsp3) is 0.933. The van der Waals surface area contributed by atoms with Crippen molar-refractivity contribution in [3.63, 3.8) is 0 Å². The molecule has 0 spiro atoms. The molecule has 1 saturated carbocycles. The summed E-state index contributed by atoms with van der Waals surface area (Å²) in [5.74, 6) is -0.646. The molecular formula is C15H28N2O2. The van der Waals surface area contributed by atoms with Crippen molar-refractivity contribution in [3.8, 4) is 0 Å². The molecule has 1 aliphatic heterocycles. The van der Waals surface area contributed by atoms with Crippen molar-refractivity contribution in [2.24, 2.45) is 0 Å². The number of hydrogen-bond donors (Lipinski definition) is 2. The van der Waals surface area contributed by atoms with E-state index in [9.17, 15) is 9.90 Å². The third-order valence-electron chi connectivity index (χ3n) is 4.90. The molecule has 0 unspecified atom stereocenters. The summed E-state index contributed by atoms with van der Waals surface area (Å²) in [6.45, 7) is 4.98. The number of carbonyl (C=O) groups is 1. The second-order valence-electron chi connectivity index (χ2n) is 6.15. The molecule has 0 atom stereocenters. The lowest BCUT2D eigenvalue weighted by Crippen LogP contribution is -2.61. The van der Waals surface area contributed by atoms with Crippen molar-refractivity contribution < 1.29 is 9.90 Å². The highest BCUT2D eigenvalue weighted by Gasteiger charge is 2.42. The summed E-state index contributed by atoms with van der Waals surface area (Å²) >= 11 is 0. The van der Waals surface area contributed by atoms with Gasteiger partial charge in [0.15, 0.2) is 0 Å². The zero-order valence-electron chi connectivity index (χ0n) is 12.2. The molecule has 2 fully saturated rings. The van der Waals surface area contributed by atoms with Gasteiger partial charge in [-0.25, -0.2) is 0 Å². The van der Waals surface area contributed by atoms with Gasteiger partial charge in [0.1, 0.15) is 5.54 Å². The fourth-order valence-electron chi connectivity index (χ4n) is 3.49. The summed E-state index contributed by atoms with van der Waals surface area (Å²) < 4.78 is 0. The molecule has 2 N–H and O–H groups in total. The highest BCUT2D eigenvalue weighted by molar-refractivity contribution is 5.79. The van der Waals surface area contributed by atoms with Crippen LogP contribution in [0.15, 0.2) is 0 Å². The first-order valence-corrected chi connectivity index (χ1v) is 7.90. The molecular weight excluding hydrogens is 240 g/mol. The Labute approximate surface area is 116 Å². The molecule has 1 aliphatic carbocycles. The molecule has 4 heteroatoms. The monoisotopic (exact) mass is 268 g/mol. The van der Waals surface area contributed by atoms with Gasteiger partial charge in [-0.1, -0.05) is 32.6 Å². The molecule has 1 heterocycles. The maximum absolute atomic E-state index is 11.7. The van der Waals surface area contributed by atoms with Crippen molar-refractivity contribution in [1.29, 1.82) is 0 Å². The van der Waals surface area contributed by atoms with Crippen LogP contribution in [0.1, 0.15) is 58.3 Å². The fourth-order valence-corrected chi connectivity index (χ4v) is 3.49. The average molecular weight is 268 g/mol. The van der Waals surface area contributed by atoms with E-state index in [2.05, 4.69) is 17.1 Å². The Morgan fingerprint density at radius 1 is 1.21 bits per heavy atom. The predicted octanol–water partition coefficient (Wildman–Crippen LogP) is 2.24. The molecule has 0 bridgehead atoms. The standard InChI is InChI=1S/C15H28N2O2/c1-2-17-11-9-15(10-12-17,14(18)19)16-13-7-5-3-4-6-8-13/h13,16H,2-12H2,1H3,(H,18,19). The number of carboxylic acids is 1. The number of likely N-dealkylation sites (tertiary alicyclic amines) is 1. The first-order chi connectivity index (χ1) is 9.16. The number of aliphatic carboxylic acids is 1. The first kappa shape index (κ1) is 14.8. The minimum atomic E-state index is -0.666. The molecule has 2 aliphatic rings. The zero-order valence-corrected chi connectivity index (χ0v) is 12.2. The van der Waals surface area contributed by atoms with Crippen LogP contribution >= 0.6 is 0 Å². The average Bonchev–Trinajstić information content (AvgIpc) is 2.68. The summed E-state index contributed by atoms with van der Waals surface area (Å²) in [4.78, 5) is 14.1. The van der Waals surface area contributed by atoms with Gasteiger partial charge in [0, 0.05) is 19.1 Å². The number of nitrogens with one attached hydrogen (secondary N) is 1. The van der Waals surface area contributed by atoms with E-state index in [0.29, 0.717) is 6.04 Å². The van der Waals surface area contributed by atoms with Crippen LogP contribution in [0.5, 0.6) is 0 Å². The van der Waals surface area contributed by atoms with Crippen LogP contribution in [0.4, 0.5) is 0 Å². The van der Waals surface area contributed by atoms with Gasteiger partial charge in [-0.3, -0.25) is 10.1 Å². The number of piperidine rings is 1. The summed E-state index contributed by atoms with van der Waals surface area (Å²) in [6.07, 6.45) is 8.88. The van der Waals surface area contributed by atoms with Crippen LogP contribution in [0.25, 0.3) is 0 Å². The Morgan fingerprint density at radius 2 is 1.79 bits per heavy atom. The number of nitrogens with zero attached hydrogens (tertiary/aromatic N) is 1. The van der Waals surface area contributed by atoms with Gasteiger partial charge in [-0.15, -0.1) is 0 Å². The second kappa shape index (κ2) is 6.71. The van der Waals surface area contributed by atoms with Gasteiger partial charge in [-0.05, 0) is 32.2 Å². The van der Waals surface area contributed by atoms with E-state index in [1.54, 1.807) is 0 Å². The molecule has 110 valence electrons. The van der Waals surface area contributed by atoms with Crippen LogP contribution in [0.2, 0.25) is 0 Å². The summed E-state index contributed by atoms with van der Waals surface area (Å²) in [5, 5.41) is 13.2. The number of rotatable bonds is 4. The quantitative estimate of drug-likeness (QED) is 0.768. The van der Waals surface area contributed by atoms with Crippen LogP contribution < -0.4 is 5.32 Å². The van der Waals surface area contributed by atoms with Gasteiger partial charge in [0.25, 0.3) is 0 Å². The summed E-state index contributed by atoms with van der Waals surface area (Å²) in [7, 11) is 0. The van der Waals surface area contributed by atoms with Crippen LogP contribution in [0, 0.1) is 0 Å². The maximum Gasteiger partial charge on any atom is 0.324 e. The van der Waals surface area contributed by atoms with Crippen LogP contribution in [-0.4, -0.2) is 47.2 Å². The molecule has 1 saturated heterocycles. The van der Waals surface area contributed by atoms with Gasteiger partial charge >= 0.3 is 5.97 Å². The van der Waals surface area contributed by atoms with E-state index in [-0.39, 0.29) is 0 Å². The predicted molar refractivity (Wildman–Crippen MR) is 76.3 cm³/mol. The SMILES string of the molecule is CCN1CCC(NC2CCCCCC2)(C(=O)O)CC1. The first-order valence-electron chi connectivity index (χ1n) is 7.90. The molecule has 2 rings (SSSR count). The zero-order chi connectivity index (χ0) is 13.7. The normalized spacial score (nSPS) is 25.9. The van der Waals surface area contributed by atoms with Crippen molar-refractivity contribution in [1.82, 2.24) is 10.2 Å². The van der Waals surface area contributed by atoms with Crippen molar-refractivity contribution in [3.05, 3.63) is 0 Å². The second-order valence-corrected chi connectivity index (χ2v) is 6.15. The Hall–Kier alpha value is -0.610. The molecule has 19 heavy (non-hydrogen) atoms. The van der Waals surface area contributed by atoms with E-state index in [4.69, 9.17) is 0 Å². The lowest BCUT2D eigenvalue weighted by molar-refractivity contribution is -0.147. The highest BCUT2D eigenvalue weighted by atomic mass is 16.4. The Kier molecular flexibility index (Phi) is 5.22. The Bertz CT molecular complexity index is 291. The highest BCUT2D eigenvalue weighted by Crippen LogP contribution is 2.26. The van der Waals surface area contributed by atoms with E-state index >= 15 is 0 Å². The lowest BCUT2D eigenvalue weighted by Gasteiger charge is -2.41. The van der Waals surface area contributed by atoms with Crippen molar-refractivity contribution in [2.75, 3.05) is 19.6 Å². The minimum Gasteiger partial charge on any atom is -0.480 e. The molecule has 0 aromatic carbocycles.